The molecule has 0 aromatic heterocycles. The van der Waals surface area contributed by atoms with Crippen molar-refractivity contribution in [2.75, 3.05) is 25.0 Å². The van der Waals surface area contributed by atoms with E-state index in [1.807, 2.05) is 13.1 Å². The van der Waals surface area contributed by atoms with E-state index < -0.39 is 0 Å². The van der Waals surface area contributed by atoms with E-state index in [1.54, 1.807) is 12.1 Å². The van der Waals surface area contributed by atoms with Gasteiger partial charge >= 0.3 is 0 Å². The minimum Gasteiger partial charge on any atom is -0.370 e. The molecule has 0 amide bonds. The molecule has 0 spiro atoms. The minimum absolute atomic E-state index is 0.175. The summed E-state index contributed by atoms with van der Waals surface area (Å²) in [5.74, 6) is 0.383. The third-order valence-corrected chi connectivity index (χ3v) is 3.15. The maximum atomic E-state index is 13.2. The molecule has 1 rings (SSSR count). The van der Waals surface area contributed by atoms with Crippen LogP contribution in [0.5, 0.6) is 0 Å². The number of rotatable bonds is 6. The van der Waals surface area contributed by atoms with Crippen molar-refractivity contribution in [1.82, 2.24) is 5.32 Å². The topological polar surface area (TPSA) is 15.3 Å². The lowest BCUT2D eigenvalue weighted by molar-refractivity contribution is 0.424. The van der Waals surface area contributed by atoms with Crippen LogP contribution in [0.1, 0.15) is 20.8 Å². The lowest BCUT2D eigenvalue weighted by Gasteiger charge is -2.30. The highest BCUT2D eigenvalue weighted by molar-refractivity contribution is 5.46. The molecule has 0 saturated heterocycles. The smallest absolute Gasteiger partial charge is 0.125 e. The summed E-state index contributed by atoms with van der Waals surface area (Å²) >= 11 is 0. The van der Waals surface area contributed by atoms with Gasteiger partial charge in [-0.05, 0) is 38.1 Å². The Morgan fingerprint density at radius 2 is 2.06 bits per heavy atom. The molecule has 0 aliphatic heterocycles. The van der Waals surface area contributed by atoms with Crippen LogP contribution < -0.4 is 10.2 Å². The molecule has 0 aliphatic rings. The van der Waals surface area contributed by atoms with Crippen molar-refractivity contribution in [2.45, 2.75) is 26.8 Å². The summed E-state index contributed by atoms with van der Waals surface area (Å²) in [4.78, 5) is 2.20. The molecule has 1 aromatic carbocycles. The number of nitrogens with one attached hydrogen (secondary N) is 1. The molecule has 2 nitrogen and oxygen atoms in total. The molecule has 3 heteroatoms. The predicted molar refractivity (Wildman–Crippen MR) is 72.0 cm³/mol. The van der Waals surface area contributed by atoms with Gasteiger partial charge in [-0.3, -0.25) is 0 Å². The highest BCUT2D eigenvalue weighted by Gasteiger charge is 2.15. The summed E-state index contributed by atoms with van der Waals surface area (Å²) in [5.41, 5.74) is 0.952. The monoisotopic (exact) mass is 238 g/mol. The van der Waals surface area contributed by atoms with Crippen LogP contribution in [0.15, 0.2) is 24.3 Å². The Morgan fingerprint density at radius 3 is 2.53 bits per heavy atom. The van der Waals surface area contributed by atoms with Gasteiger partial charge in [-0.1, -0.05) is 19.9 Å². The average Bonchev–Trinajstić information content (AvgIpc) is 2.30. The maximum absolute atomic E-state index is 13.2. The van der Waals surface area contributed by atoms with Gasteiger partial charge < -0.3 is 10.2 Å². The molecule has 1 atom stereocenters. The van der Waals surface area contributed by atoms with Crippen LogP contribution in [0, 0.1) is 11.7 Å². The number of likely N-dealkylation sites (N-methyl/N-ethyl adjacent to an activating group) is 2. The van der Waals surface area contributed by atoms with Gasteiger partial charge in [0, 0.05) is 24.8 Å². The van der Waals surface area contributed by atoms with E-state index in [0.717, 1.165) is 18.8 Å². The summed E-state index contributed by atoms with van der Waals surface area (Å²) < 4.78 is 13.2. The third-order valence-electron chi connectivity index (χ3n) is 3.15. The summed E-state index contributed by atoms with van der Waals surface area (Å²) in [6.07, 6.45) is 0. The molecule has 0 radical (unpaired) electrons. The zero-order valence-corrected chi connectivity index (χ0v) is 11.2. The van der Waals surface area contributed by atoms with Gasteiger partial charge in [0.15, 0.2) is 0 Å². The molecule has 1 unspecified atom stereocenters. The van der Waals surface area contributed by atoms with Crippen molar-refractivity contribution >= 4 is 5.69 Å². The van der Waals surface area contributed by atoms with Crippen molar-refractivity contribution in [1.29, 1.82) is 0 Å². The van der Waals surface area contributed by atoms with Crippen molar-refractivity contribution in [2.24, 2.45) is 5.92 Å². The first-order valence-electron chi connectivity index (χ1n) is 6.26. The van der Waals surface area contributed by atoms with E-state index in [2.05, 4.69) is 31.0 Å². The predicted octanol–water partition coefficient (Wildman–Crippen LogP) is 2.90. The highest BCUT2D eigenvalue weighted by atomic mass is 19.1. The second kappa shape index (κ2) is 6.60. The number of nitrogens with zero attached hydrogens (tertiary/aromatic N) is 1. The second-order valence-corrected chi connectivity index (χ2v) is 4.66. The fourth-order valence-electron chi connectivity index (χ4n) is 1.96. The van der Waals surface area contributed by atoms with E-state index in [9.17, 15) is 4.39 Å². The number of benzene rings is 1. The van der Waals surface area contributed by atoms with Gasteiger partial charge in [-0.2, -0.15) is 0 Å². The Balaban J connectivity index is 2.78. The summed E-state index contributed by atoms with van der Waals surface area (Å²) in [6.45, 7) is 8.27. The van der Waals surface area contributed by atoms with Crippen molar-refractivity contribution < 1.29 is 4.39 Å². The first-order chi connectivity index (χ1) is 8.08. The van der Waals surface area contributed by atoms with Gasteiger partial charge in [0.05, 0.1) is 0 Å². The summed E-state index contributed by atoms with van der Waals surface area (Å²) in [5, 5.41) is 3.32. The van der Waals surface area contributed by atoms with Crippen LogP contribution in [0.25, 0.3) is 0 Å². The Kier molecular flexibility index (Phi) is 5.42. The van der Waals surface area contributed by atoms with Gasteiger partial charge in [0.1, 0.15) is 5.82 Å². The summed E-state index contributed by atoms with van der Waals surface area (Å²) in [7, 11) is 1.98. The normalized spacial score (nSPS) is 12.8. The van der Waals surface area contributed by atoms with Gasteiger partial charge in [-0.25, -0.2) is 4.39 Å². The average molecular weight is 238 g/mol. The van der Waals surface area contributed by atoms with E-state index in [0.29, 0.717) is 12.0 Å². The molecular weight excluding hydrogens is 215 g/mol. The maximum Gasteiger partial charge on any atom is 0.125 e. The molecule has 17 heavy (non-hydrogen) atoms. The standard InChI is InChI=1S/C14H23FN2/c1-5-17(10-14(16-4)11(2)3)13-8-6-7-12(15)9-13/h6-9,11,14,16H,5,10H2,1-4H3. The van der Waals surface area contributed by atoms with E-state index in [4.69, 9.17) is 0 Å². The van der Waals surface area contributed by atoms with E-state index >= 15 is 0 Å². The fraction of sp³-hybridized carbons (Fsp3) is 0.571. The minimum atomic E-state index is -0.175. The molecule has 0 saturated carbocycles. The molecule has 0 heterocycles. The zero-order chi connectivity index (χ0) is 12.8. The number of anilines is 1. The largest absolute Gasteiger partial charge is 0.370 e. The van der Waals surface area contributed by atoms with Crippen molar-refractivity contribution in [3.8, 4) is 0 Å². The molecule has 0 aliphatic carbocycles. The first kappa shape index (κ1) is 14.0. The number of halogens is 1. The van der Waals surface area contributed by atoms with Crippen molar-refractivity contribution in [3.63, 3.8) is 0 Å². The van der Waals surface area contributed by atoms with E-state index in [1.165, 1.54) is 6.07 Å². The van der Waals surface area contributed by atoms with Gasteiger partial charge in [0.2, 0.25) is 0 Å². The van der Waals surface area contributed by atoms with Crippen LogP contribution in [-0.4, -0.2) is 26.2 Å². The van der Waals surface area contributed by atoms with Gasteiger partial charge in [-0.15, -0.1) is 0 Å². The molecule has 0 fully saturated rings. The Bertz CT molecular complexity index is 339. The summed E-state index contributed by atoms with van der Waals surface area (Å²) in [6, 6.07) is 7.21. The van der Waals surface area contributed by atoms with Gasteiger partial charge in [0.25, 0.3) is 0 Å². The SMILES string of the molecule is CCN(CC(NC)C(C)C)c1cccc(F)c1. The third kappa shape index (κ3) is 4.00. The quantitative estimate of drug-likeness (QED) is 0.820. The Labute approximate surface area is 104 Å². The zero-order valence-electron chi connectivity index (χ0n) is 11.2. The number of hydrogen-bond acceptors (Lipinski definition) is 2. The van der Waals surface area contributed by atoms with E-state index in [-0.39, 0.29) is 5.82 Å². The lowest BCUT2D eigenvalue weighted by Crippen LogP contribution is -2.42. The van der Waals surface area contributed by atoms with Crippen LogP contribution >= 0.6 is 0 Å². The first-order valence-corrected chi connectivity index (χ1v) is 6.26. The highest BCUT2D eigenvalue weighted by Crippen LogP contribution is 2.16. The van der Waals surface area contributed by atoms with Crippen LogP contribution in [0.4, 0.5) is 10.1 Å². The molecular formula is C14H23FN2. The molecule has 1 aromatic rings. The number of hydrogen-bond donors (Lipinski definition) is 1. The lowest BCUT2D eigenvalue weighted by atomic mass is 10.0. The second-order valence-electron chi connectivity index (χ2n) is 4.66. The van der Waals surface area contributed by atoms with Crippen LogP contribution in [0.3, 0.4) is 0 Å². The van der Waals surface area contributed by atoms with Crippen LogP contribution in [-0.2, 0) is 0 Å². The Morgan fingerprint density at radius 1 is 1.35 bits per heavy atom. The molecule has 96 valence electrons. The molecule has 0 bridgehead atoms. The Hall–Kier alpha value is -1.09. The molecule has 1 N–H and O–H groups in total. The van der Waals surface area contributed by atoms with Crippen molar-refractivity contribution in [3.05, 3.63) is 30.1 Å². The van der Waals surface area contributed by atoms with Crippen LogP contribution in [0.2, 0.25) is 0 Å². The fourth-order valence-corrected chi connectivity index (χ4v) is 1.96.